The molecule has 0 aliphatic rings. The summed E-state index contributed by atoms with van der Waals surface area (Å²) in [6, 6.07) is 5.51. The van der Waals surface area contributed by atoms with E-state index in [-0.39, 0.29) is 11.6 Å². The molecule has 0 aliphatic carbocycles. The fourth-order valence-electron chi connectivity index (χ4n) is 1.45. The maximum Gasteiger partial charge on any atom is 0.215 e. The predicted molar refractivity (Wildman–Crippen MR) is 66.6 cm³/mol. The number of sulfonamides is 1. The Kier molecular flexibility index (Phi) is 5.58. The van der Waals surface area contributed by atoms with Crippen molar-refractivity contribution in [1.82, 2.24) is 4.72 Å². The van der Waals surface area contributed by atoms with Gasteiger partial charge < -0.3 is 0 Å². The van der Waals surface area contributed by atoms with Gasteiger partial charge in [-0.3, -0.25) is 0 Å². The largest absolute Gasteiger partial charge is 0.215 e. The van der Waals surface area contributed by atoms with Gasteiger partial charge >= 0.3 is 0 Å². The zero-order valence-corrected chi connectivity index (χ0v) is 10.8. The van der Waals surface area contributed by atoms with Crippen molar-refractivity contribution in [3.05, 3.63) is 35.6 Å². The lowest BCUT2D eigenvalue weighted by atomic mass is 10.2. The van der Waals surface area contributed by atoms with E-state index in [0.29, 0.717) is 12.1 Å². The molecular weight excluding hydrogens is 241 g/mol. The minimum atomic E-state index is -3.30. The molecule has 0 spiro atoms. The number of nitrogens with one attached hydrogen (secondary N) is 1. The molecule has 0 saturated carbocycles. The van der Waals surface area contributed by atoms with Crippen molar-refractivity contribution >= 4 is 10.0 Å². The van der Waals surface area contributed by atoms with Gasteiger partial charge in [0, 0.05) is 6.54 Å². The molecule has 0 atom stereocenters. The first-order chi connectivity index (χ1) is 8.03. The highest BCUT2D eigenvalue weighted by Crippen LogP contribution is 2.06. The van der Waals surface area contributed by atoms with Crippen molar-refractivity contribution in [3.8, 4) is 0 Å². The molecule has 1 aromatic carbocycles. The molecule has 0 amide bonds. The van der Waals surface area contributed by atoms with E-state index in [1.807, 2.05) is 0 Å². The molecule has 5 heteroatoms. The van der Waals surface area contributed by atoms with Crippen molar-refractivity contribution < 1.29 is 12.8 Å². The summed E-state index contributed by atoms with van der Waals surface area (Å²) in [4.78, 5) is 0. The van der Waals surface area contributed by atoms with E-state index >= 15 is 0 Å². The SMILES string of the molecule is CCCCCNS(=O)(=O)Cc1ccc(F)cc1. The van der Waals surface area contributed by atoms with Crippen molar-refractivity contribution in [2.75, 3.05) is 6.54 Å². The van der Waals surface area contributed by atoms with Crippen LogP contribution in [0.1, 0.15) is 31.7 Å². The number of hydrogen-bond donors (Lipinski definition) is 1. The van der Waals surface area contributed by atoms with Gasteiger partial charge in [-0.1, -0.05) is 31.9 Å². The molecular formula is C12H18FNO2S. The van der Waals surface area contributed by atoms with Crippen molar-refractivity contribution in [1.29, 1.82) is 0 Å². The van der Waals surface area contributed by atoms with E-state index in [4.69, 9.17) is 0 Å². The first-order valence-corrected chi connectivity index (χ1v) is 7.40. The number of rotatable bonds is 7. The van der Waals surface area contributed by atoms with Crippen LogP contribution in [0.4, 0.5) is 4.39 Å². The fraction of sp³-hybridized carbons (Fsp3) is 0.500. The lowest BCUT2D eigenvalue weighted by Crippen LogP contribution is -2.26. The minimum absolute atomic E-state index is 0.0978. The summed E-state index contributed by atoms with van der Waals surface area (Å²) < 4.78 is 38.5. The average Bonchev–Trinajstić information content (AvgIpc) is 2.27. The van der Waals surface area contributed by atoms with Gasteiger partial charge in [0.1, 0.15) is 5.82 Å². The van der Waals surface area contributed by atoms with E-state index < -0.39 is 10.0 Å². The molecule has 0 fully saturated rings. The Balaban J connectivity index is 2.46. The summed E-state index contributed by atoms with van der Waals surface area (Å²) in [5.74, 6) is -0.457. The highest BCUT2D eigenvalue weighted by molar-refractivity contribution is 7.88. The van der Waals surface area contributed by atoms with E-state index in [1.165, 1.54) is 24.3 Å². The molecule has 0 aromatic heterocycles. The van der Waals surface area contributed by atoms with Crippen LogP contribution in [0, 0.1) is 5.82 Å². The van der Waals surface area contributed by atoms with Crippen LogP contribution < -0.4 is 4.72 Å². The van der Waals surface area contributed by atoms with Gasteiger partial charge in [-0.25, -0.2) is 17.5 Å². The molecule has 96 valence electrons. The molecule has 0 saturated heterocycles. The standard InChI is InChI=1S/C12H18FNO2S/c1-2-3-4-9-14-17(15,16)10-11-5-7-12(13)8-6-11/h5-8,14H,2-4,9-10H2,1H3. The maximum atomic E-state index is 12.6. The summed E-state index contributed by atoms with van der Waals surface area (Å²) in [5.41, 5.74) is 0.592. The summed E-state index contributed by atoms with van der Waals surface area (Å²) in [7, 11) is -3.30. The molecule has 0 heterocycles. The monoisotopic (exact) mass is 259 g/mol. The van der Waals surface area contributed by atoms with Gasteiger partial charge in [-0.15, -0.1) is 0 Å². The number of unbranched alkanes of at least 4 members (excludes halogenated alkanes) is 2. The fourth-order valence-corrected chi connectivity index (χ4v) is 2.64. The first-order valence-electron chi connectivity index (χ1n) is 5.75. The van der Waals surface area contributed by atoms with Gasteiger partial charge in [-0.05, 0) is 24.1 Å². The summed E-state index contributed by atoms with van der Waals surface area (Å²) in [6.07, 6.45) is 2.91. The topological polar surface area (TPSA) is 46.2 Å². The minimum Gasteiger partial charge on any atom is -0.215 e. The third kappa shape index (κ3) is 5.79. The second-order valence-corrected chi connectivity index (χ2v) is 5.79. The van der Waals surface area contributed by atoms with Gasteiger partial charge in [0.2, 0.25) is 10.0 Å². The van der Waals surface area contributed by atoms with Crippen LogP contribution in [0.2, 0.25) is 0 Å². The molecule has 3 nitrogen and oxygen atoms in total. The van der Waals surface area contributed by atoms with Crippen LogP contribution in [-0.2, 0) is 15.8 Å². The molecule has 0 unspecified atom stereocenters. The van der Waals surface area contributed by atoms with E-state index in [0.717, 1.165) is 19.3 Å². The smallest absolute Gasteiger partial charge is 0.215 e. The molecule has 0 radical (unpaired) electrons. The summed E-state index contributed by atoms with van der Waals surface area (Å²) in [6.45, 7) is 2.53. The van der Waals surface area contributed by atoms with Gasteiger partial charge in [-0.2, -0.15) is 0 Å². The van der Waals surface area contributed by atoms with E-state index in [9.17, 15) is 12.8 Å². The zero-order chi connectivity index (χ0) is 12.7. The third-order valence-electron chi connectivity index (χ3n) is 2.37. The van der Waals surface area contributed by atoms with Crippen LogP contribution in [0.15, 0.2) is 24.3 Å². The molecule has 1 N–H and O–H groups in total. The second kappa shape index (κ2) is 6.71. The van der Waals surface area contributed by atoms with E-state index in [1.54, 1.807) is 0 Å². The molecule has 1 rings (SSSR count). The van der Waals surface area contributed by atoms with Gasteiger partial charge in [0.15, 0.2) is 0 Å². The lowest BCUT2D eigenvalue weighted by Gasteiger charge is -2.06. The Morgan fingerprint density at radius 2 is 1.82 bits per heavy atom. The average molecular weight is 259 g/mol. The molecule has 1 aromatic rings. The van der Waals surface area contributed by atoms with Crippen LogP contribution >= 0.6 is 0 Å². The van der Waals surface area contributed by atoms with Crippen LogP contribution in [0.3, 0.4) is 0 Å². The Bertz CT molecular complexity index is 428. The number of hydrogen-bond acceptors (Lipinski definition) is 2. The van der Waals surface area contributed by atoms with Gasteiger partial charge in [0.05, 0.1) is 5.75 Å². The first kappa shape index (κ1) is 14.1. The maximum absolute atomic E-state index is 12.6. The molecule has 0 bridgehead atoms. The Hall–Kier alpha value is -0.940. The molecule has 0 aliphatic heterocycles. The highest BCUT2D eigenvalue weighted by atomic mass is 32.2. The zero-order valence-electron chi connectivity index (χ0n) is 9.95. The summed E-state index contributed by atoms with van der Waals surface area (Å²) in [5, 5.41) is 0. The third-order valence-corrected chi connectivity index (χ3v) is 3.73. The number of halogens is 1. The van der Waals surface area contributed by atoms with Crippen molar-refractivity contribution in [2.45, 2.75) is 31.9 Å². The van der Waals surface area contributed by atoms with Gasteiger partial charge in [0.25, 0.3) is 0 Å². The van der Waals surface area contributed by atoms with Crippen LogP contribution in [-0.4, -0.2) is 15.0 Å². The normalized spacial score (nSPS) is 11.6. The van der Waals surface area contributed by atoms with Crippen LogP contribution in [0.5, 0.6) is 0 Å². The lowest BCUT2D eigenvalue weighted by molar-refractivity contribution is 0.575. The van der Waals surface area contributed by atoms with Crippen molar-refractivity contribution in [2.24, 2.45) is 0 Å². The summed E-state index contributed by atoms with van der Waals surface area (Å²) >= 11 is 0. The highest BCUT2D eigenvalue weighted by Gasteiger charge is 2.10. The van der Waals surface area contributed by atoms with Crippen LogP contribution in [0.25, 0.3) is 0 Å². The van der Waals surface area contributed by atoms with Crippen molar-refractivity contribution in [3.63, 3.8) is 0 Å². The van der Waals surface area contributed by atoms with E-state index in [2.05, 4.69) is 11.6 Å². The quantitative estimate of drug-likeness (QED) is 0.764. The Morgan fingerprint density at radius 1 is 1.18 bits per heavy atom. The Morgan fingerprint density at radius 3 is 2.41 bits per heavy atom. The predicted octanol–water partition coefficient (Wildman–Crippen LogP) is 2.44. The second-order valence-electron chi connectivity index (χ2n) is 3.99. The number of benzene rings is 1. The molecule has 17 heavy (non-hydrogen) atoms. The Labute approximate surface area is 102 Å².